The average Bonchev–Trinajstić information content (AvgIpc) is 2.52. The molecule has 0 saturated heterocycles. The highest BCUT2D eigenvalue weighted by atomic mass is 16.5. The van der Waals surface area contributed by atoms with Crippen molar-refractivity contribution >= 4 is 5.84 Å². The van der Waals surface area contributed by atoms with Crippen LogP contribution in [0.1, 0.15) is 30.9 Å². The first-order valence-corrected chi connectivity index (χ1v) is 7.03. The third kappa shape index (κ3) is 5.24. The second kappa shape index (κ2) is 9.20. The van der Waals surface area contributed by atoms with Gasteiger partial charge in [0.1, 0.15) is 5.75 Å². The van der Waals surface area contributed by atoms with Crippen molar-refractivity contribution in [3.05, 3.63) is 29.3 Å². The molecule has 21 heavy (non-hydrogen) atoms. The first kappa shape index (κ1) is 17.3. The molecule has 6 heteroatoms. The summed E-state index contributed by atoms with van der Waals surface area (Å²) in [6, 6.07) is 5.93. The molecule has 0 saturated carbocycles. The zero-order valence-electron chi connectivity index (χ0n) is 12.9. The molecule has 1 unspecified atom stereocenters. The van der Waals surface area contributed by atoms with Crippen LogP contribution in [0, 0.1) is 0 Å². The number of benzene rings is 1. The van der Waals surface area contributed by atoms with Crippen LogP contribution < -0.4 is 15.8 Å². The van der Waals surface area contributed by atoms with E-state index in [0.29, 0.717) is 30.5 Å². The van der Waals surface area contributed by atoms with Gasteiger partial charge >= 0.3 is 0 Å². The minimum absolute atomic E-state index is 0.0367. The third-order valence-corrected chi connectivity index (χ3v) is 3.25. The number of nitrogens with two attached hydrogens (primary N) is 1. The van der Waals surface area contributed by atoms with Crippen LogP contribution in [0.15, 0.2) is 23.4 Å². The zero-order valence-corrected chi connectivity index (χ0v) is 12.9. The third-order valence-electron chi connectivity index (χ3n) is 3.25. The Kier molecular flexibility index (Phi) is 7.56. The number of oxime groups is 1. The standard InChI is InChI=1S/C15H25N3O3/c1-4-5-12(10-20-2)17-9-11-6-7-13(15(16)18-19)14(8-11)21-3/h6-8,12,17,19H,4-5,9-10H2,1-3H3,(H2,16,18). The van der Waals surface area contributed by atoms with E-state index in [1.54, 1.807) is 20.3 Å². The number of ether oxygens (including phenoxy) is 2. The molecule has 1 rings (SSSR count). The van der Waals surface area contributed by atoms with Gasteiger partial charge in [-0.1, -0.05) is 24.6 Å². The molecule has 0 spiro atoms. The molecule has 0 aliphatic heterocycles. The van der Waals surface area contributed by atoms with Gasteiger partial charge in [0, 0.05) is 19.7 Å². The van der Waals surface area contributed by atoms with Crippen molar-refractivity contribution in [3.8, 4) is 5.75 Å². The Hall–Kier alpha value is -1.79. The fourth-order valence-electron chi connectivity index (χ4n) is 2.17. The highest BCUT2D eigenvalue weighted by Crippen LogP contribution is 2.20. The van der Waals surface area contributed by atoms with Crippen LogP contribution in [0.2, 0.25) is 0 Å². The first-order chi connectivity index (χ1) is 10.2. The zero-order chi connectivity index (χ0) is 15.7. The molecule has 0 bridgehead atoms. The van der Waals surface area contributed by atoms with Crippen LogP contribution in [0.25, 0.3) is 0 Å². The fourth-order valence-corrected chi connectivity index (χ4v) is 2.17. The summed E-state index contributed by atoms with van der Waals surface area (Å²) in [5.74, 6) is 0.623. The van der Waals surface area contributed by atoms with Gasteiger partial charge in [-0.2, -0.15) is 0 Å². The summed E-state index contributed by atoms with van der Waals surface area (Å²) in [6.45, 7) is 3.55. The molecular formula is C15H25N3O3. The van der Waals surface area contributed by atoms with Gasteiger partial charge in [-0.3, -0.25) is 0 Å². The maximum atomic E-state index is 8.75. The molecule has 0 aromatic heterocycles. The smallest absolute Gasteiger partial charge is 0.173 e. The van der Waals surface area contributed by atoms with Crippen LogP contribution >= 0.6 is 0 Å². The molecule has 1 aromatic rings. The number of methoxy groups -OCH3 is 2. The van der Waals surface area contributed by atoms with E-state index >= 15 is 0 Å². The number of nitrogens with zero attached hydrogens (tertiary/aromatic N) is 1. The molecule has 4 N–H and O–H groups in total. The summed E-state index contributed by atoms with van der Waals surface area (Å²) in [5.41, 5.74) is 7.25. The predicted molar refractivity (Wildman–Crippen MR) is 82.9 cm³/mol. The minimum atomic E-state index is 0.0367. The van der Waals surface area contributed by atoms with Crippen molar-refractivity contribution in [1.82, 2.24) is 5.32 Å². The molecule has 0 radical (unpaired) electrons. The van der Waals surface area contributed by atoms with Gasteiger partial charge in [-0.05, 0) is 24.1 Å². The van der Waals surface area contributed by atoms with Crippen molar-refractivity contribution in [3.63, 3.8) is 0 Å². The summed E-state index contributed by atoms with van der Waals surface area (Å²) in [4.78, 5) is 0. The number of hydrogen-bond acceptors (Lipinski definition) is 5. The van der Waals surface area contributed by atoms with Gasteiger partial charge in [-0.15, -0.1) is 0 Å². The number of hydrogen-bond donors (Lipinski definition) is 3. The van der Waals surface area contributed by atoms with Crippen molar-refractivity contribution in [2.45, 2.75) is 32.4 Å². The van der Waals surface area contributed by atoms with Crippen molar-refractivity contribution in [1.29, 1.82) is 0 Å². The maximum Gasteiger partial charge on any atom is 0.173 e. The largest absolute Gasteiger partial charge is 0.496 e. The van der Waals surface area contributed by atoms with Gasteiger partial charge in [-0.25, -0.2) is 0 Å². The Balaban J connectivity index is 2.76. The van der Waals surface area contributed by atoms with Gasteiger partial charge < -0.3 is 25.7 Å². The van der Waals surface area contributed by atoms with Crippen LogP contribution in [-0.2, 0) is 11.3 Å². The second-order valence-electron chi connectivity index (χ2n) is 4.84. The normalized spacial score (nSPS) is 13.2. The van der Waals surface area contributed by atoms with E-state index in [-0.39, 0.29) is 5.84 Å². The molecule has 0 aliphatic rings. The van der Waals surface area contributed by atoms with E-state index in [2.05, 4.69) is 17.4 Å². The van der Waals surface area contributed by atoms with E-state index < -0.39 is 0 Å². The molecule has 0 aliphatic carbocycles. The SMILES string of the molecule is CCCC(COC)NCc1ccc(/C(N)=N/O)c(OC)c1. The Bertz CT molecular complexity index is 457. The summed E-state index contributed by atoms with van der Waals surface area (Å²) in [6.07, 6.45) is 2.17. The second-order valence-corrected chi connectivity index (χ2v) is 4.84. The summed E-state index contributed by atoms with van der Waals surface area (Å²) < 4.78 is 10.5. The molecule has 0 heterocycles. The number of rotatable bonds is 9. The Labute approximate surface area is 125 Å². The van der Waals surface area contributed by atoms with Crippen LogP contribution in [0.4, 0.5) is 0 Å². The van der Waals surface area contributed by atoms with Crippen molar-refractivity contribution < 1.29 is 14.7 Å². The summed E-state index contributed by atoms with van der Waals surface area (Å²) in [7, 11) is 3.27. The van der Waals surface area contributed by atoms with E-state index in [9.17, 15) is 0 Å². The summed E-state index contributed by atoms with van der Waals surface area (Å²) in [5, 5.41) is 15.2. The first-order valence-electron chi connectivity index (χ1n) is 7.03. The van der Waals surface area contributed by atoms with Gasteiger partial charge in [0.15, 0.2) is 5.84 Å². The van der Waals surface area contributed by atoms with Crippen LogP contribution in [0.3, 0.4) is 0 Å². The Morgan fingerprint density at radius 2 is 2.19 bits per heavy atom. The fraction of sp³-hybridized carbons (Fsp3) is 0.533. The molecule has 1 aromatic carbocycles. The van der Waals surface area contributed by atoms with E-state index in [0.717, 1.165) is 18.4 Å². The highest BCUT2D eigenvalue weighted by Gasteiger charge is 2.10. The molecule has 6 nitrogen and oxygen atoms in total. The monoisotopic (exact) mass is 295 g/mol. The molecule has 0 fully saturated rings. The van der Waals surface area contributed by atoms with Crippen LogP contribution in [0.5, 0.6) is 5.75 Å². The minimum Gasteiger partial charge on any atom is -0.496 e. The lowest BCUT2D eigenvalue weighted by Crippen LogP contribution is -2.32. The molecule has 0 amide bonds. The van der Waals surface area contributed by atoms with E-state index in [1.165, 1.54) is 0 Å². The summed E-state index contributed by atoms with van der Waals surface area (Å²) >= 11 is 0. The topological polar surface area (TPSA) is 89.1 Å². The van der Waals surface area contributed by atoms with Gasteiger partial charge in [0.2, 0.25) is 0 Å². The number of amidine groups is 1. The lowest BCUT2D eigenvalue weighted by Gasteiger charge is -2.17. The molecular weight excluding hydrogens is 270 g/mol. The van der Waals surface area contributed by atoms with Crippen molar-refractivity contribution in [2.75, 3.05) is 20.8 Å². The Morgan fingerprint density at radius 3 is 2.76 bits per heavy atom. The van der Waals surface area contributed by atoms with E-state index in [1.807, 2.05) is 12.1 Å². The molecule has 118 valence electrons. The highest BCUT2D eigenvalue weighted by molar-refractivity contribution is 5.99. The number of nitrogens with one attached hydrogen (secondary N) is 1. The van der Waals surface area contributed by atoms with E-state index in [4.69, 9.17) is 20.4 Å². The van der Waals surface area contributed by atoms with Crippen LogP contribution in [-0.4, -0.2) is 37.9 Å². The average molecular weight is 295 g/mol. The van der Waals surface area contributed by atoms with Gasteiger partial charge in [0.25, 0.3) is 0 Å². The van der Waals surface area contributed by atoms with Crippen molar-refractivity contribution in [2.24, 2.45) is 10.9 Å². The molecule has 1 atom stereocenters. The maximum absolute atomic E-state index is 8.75. The van der Waals surface area contributed by atoms with Gasteiger partial charge in [0.05, 0.1) is 19.3 Å². The lowest BCUT2D eigenvalue weighted by atomic mass is 10.1. The predicted octanol–water partition coefficient (Wildman–Crippen LogP) is 1.69. The quantitative estimate of drug-likeness (QED) is 0.279. The lowest BCUT2D eigenvalue weighted by molar-refractivity contribution is 0.161. The Morgan fingerprint density at radius 1 is 1.43 bits per heavy atom.